The molecule has 1 atom stereocenters. The van der Waals surface area contributed by atoms with Gasteiger partial charge in [-0.3, -0.25) is 0 Å². The van der Waals surface area contributed by atoms with E-state index in [1.54, 1.807) is 0 Å². The minimum atomic E-state index is -0.417. The highest BCUT2D eigenvalue weighted by Crippen LogP contribution is 2.35. The summed E-state index contributed by atoms with van der Waals surface area (Å²) in [4.78, 5) is 0. The molecule has 0 aliphatic heterocycles. The Balaban J connectivity index is 2.58. The van der Waals surface area contributed by atoms with Gasteiger partial charge in [0.1, 0.15) is 0 Å². The lowest BCUT2D eigenvalue weighted by Crippen LogP contribution is -2.43. The van der Waals surface area contributed by atoms with Crippen molar-refractivity contribution >= 4 is 5.69 Å². The summed E-state index contributed by atoms with van der Waals surface area (Å²) < 4.78 is 12.5. The molecule has 0 bridgehead atoms. The van der Waals surface area contributed by atoms with Crippen LogP contribution in [0.3, 0.4) is 0 Å². The highest BCUT2D eigenvalue weighted by atomic mass is 16.7. The molecular weight excluding hydrogens is 346 g/mol. The number of ether oxygens (including phenoxy) is 2. The van der Waals surface area contributed by atoms with Crippen LogP contribution in [0.1, 0.15) is 91.9 Å². The third kappa shape index (κ3) is 9.43. The lowest BCUT2D eigenvalue weighted by Gasteiger charge is -2.40. The van der Waals surface area contributed by atoms with Crippen LogP contribution in [0.25, 0.3) is 0 Å². The fourth-order valence-electron chi connectivity index (χ4n) is 4.15. The third-order valence-corrected chi connectivity index (χ3v) is 5.63. The number of rotatable bonds is 18. The quantitative estimate of drug-likeness (QED) is 0.208. The molecule has 0 saturated heterocycles. The summed E-state index contributed by atoms with van der Waals surface area (Å²) in [6.45, 7) is 11.1. The van der Waals surface area contributed by atoms with Gasteiger partial charge in [-0.15, -0.1) is 0 Å². The average Bonchev–Trinajstić information content (AvgIpc) is 2.72. The molecule has 3 heteroatoms. The number of nitrogens with one attached hydrogen (secondary N) is 1. The molecule has 0 aliphatic rings. The number of para-hydroxylation sites is 1. The van der Waals surface area contributed by atoms with E-state index >= 15 is 0 Å². The van der Waals surface area contributed by atoms with Crippen molar-refractivity contribution in [1.82, 2.24) is 0 Å². The molecule has 0 spiro atoms. The van der Waals surface area contributed by atoms with Crippen molar-refractivity contribution in [2.75, 3.05) is 25.1 Å². The Kier molecular flexibility index (Phi) is 14.1. The van der Waals surface area contributed by atoms with Crippen molar-refractivity contribution in [2.45, 2.75) is 97.7 Å². The van der Waals surface area contributed by atoms with Gasteiger partial charge in [-0.2, -0.15) is 0 Å². The van der Waals surface area contributed by atoms with Crippen LogP contribution in [0.5, 0.6) is 0 Å². The van der Waals surface area contributed by atoms with Crippen LogP contribution in [0.15, 0.2) is 30.3 Å². The summed E-state index contributed by atoms with van der Waals surface area (Å²) in [7, 11) is 0. The van der Waals surface area contributed by atoms with Gasteiger partial charge in [0, 0.05) is 31.4 Å². The van der Waals surface area contributed by atoms with Gasteiger partial charge in [-0.05, 0) is 51.7 Å². The molecule has 0 heterocycles. The number of unbranched alkanes of at least 4 members (excludes halogenated alkanes) is 5. The molecule has 28 heavy (non-hydrogen) atoms. The molecule has 1 rings (SSSR count). The van der Waals surface area contributed by atoms with E-state index in [-0.39, 0.29) is 0 Å². The van der Waals surface area contributed by atoms with Gasteiger partial charge in [0.25, 0.3) is 0 Å². The first-order valence-electron chi connectivity index (χ1n) is 11.8. The molecule has 1 unspecified atom stereocenters. The zero-order chi connectivity index (χ0) is 20.5. The van der Waals surface area contributed by atoms with Crippen molar-refractivity contribution in [3.63, 3.8) is 0 Å². The van der Waals surface area contributed by atoms with Gasteiger partial charge in [-0.25, -0.2) is 0 Å². The van der Waals surface area contributed by atoms with Crippen LogP contribution in [0.4, 0.5) is 5.69 Å². The summed E-state index contributed by atoms with van der Waals surface area (Å²) in [5, 5.41) is 3.54. The Hall–Kier alpha value is -1.06. The highest BCUT2D eigenvalue weighted by Gasteiger charge is 2.38. The van der Waals surface area contributed by atoms with Gasteiger partial charge in [-0.1, -0.05) is 70.6 Å². The fraction of sp³-hybridized carbons (Fsp3) is 0.760. The normalized spacial score (nSPS) is 12.9. The molecule has 1 N–H and O–H groups in total. The number of hydrogen-bond donors (Lipinski definition) is 1. The molecule has 0 aliphatic carbocycles. The largest absolute Gasteiger partial charge is 0.385 e. The molecule has 0 aromatic heterocycles. The molecule has 0 amide bonds. The Morgan fingerprint density at radius 2 is 1.39 bits per heavy atom. The molecule has 0 fully saturated rings. The molecule has 0 radical (unpaired) electrons. The zero-order valence-corrected chi connectivity index (χ0v) is 19.0. The molecule has 1 aromatic carbocycles. The van der Waals surface area contributed by atoms with Crippen LogP contribution in [0.2, 0.25) is 0 Å². The van der Waals surface area contributed by atoms with Crippen LogP contribution in [-0.2, 0) is 9.47 Å². The SMILES string of the molecule is CCCCCCCCC(CCCNc1ccccc1)C(CC)(OCC)OCC. The second kappa shape index (κ2) is 15.8. The van der Waals surface area contributed by atoms with E-state index < -0.39 is 5.79 Å². The van der Waals surface area contributed by atoms with Crippen molar-refractivity contribution in [3.05, 3.63) is 30.3 Å². The van der Waals surface area contributed by atoms with Crippen molar-refractivity contribution in [2.24, 2.45) is 5.92 Å². The lowest BCUT2D eigenvalue weighted by molar-refractivity contribution is -0.267. The second-order valence-corrected chi connectivity index (χ2v) is 7.72. The van der Waals surface area contributed by atoms with Gasteiger partial charge in [0.05, 0.1) is 0 Å². The fourth-order valence-corrected chi connectivity index (χ4v) is 4.15. The predicted octanol–water partition coefficient (Wildman–Crippen LogP) is 7.42. The van der Waals surface area contributed by atoms with Crippen LogP contribution in [-0.4, -0.2) is 25.5 Å². The van der Waals surface area contributed by atoms with E-state index in [1.807, 2.05) is 0 Å². The summed E-state index contributed by atoms with van der Waals surface area (Å²) >= 11 is 0. The maximum absolute atomic E-state index is 6.25. The van der Waals surface area contributed by atoms with Crippen molar-refractivity contribution in [3.8, 4) is 0 Å². The van der Waals surface area contributed by atoms with Crippen LogP contribution < -0.4 is 5.32 Å². The van der Waals surface area contributed by atoms with E-state index in [0.717, 1.165) is 25.8 Å². The molecule has 0 saturated carbocycles. The van der Waals surface area contributed by atoms with Crippen molar-refractivity contribution in [1.29, 1.82) is 0 Å². The highest BCUT2D eigenvalue weighted by molar-refractivity contribution is 5.42. The molecule has 3 nitrogen and oxygen atoms in total. The van der Waals surface area contributed by atoms with Gasteiger partial charge >= 0.3 is 0 Å². The summed E-state index contributed by atoms with van der Waals surface area (Å²) in [5.74, 6) is 0.0424. The minimum Gasteiger partial charge on any atom is -0.385 e. The summed E-state index contributed by atoms with van der Waals surface area (Å²) in [6.07, 6.45) is 12.4. The Bertz CT molecular complexity index is 457. The first-order valence-corrected chi connectivity index (χ1v) is 11.8. The number of benzene rings is 1. The van der Waals surface area contributed by atoms with E-state index in [2.05, 4.69) is 63.3 Å². The Morgan fingerprint density at radius 3 is 2.00 bits per heavy atom. The predicted molar refractivity (Wildman–Crippen MR) is 122 cm³/mol. The molecule has 1 aromatic rings. The summed E-state index contributed by atoms with van der Waals surface area (Å²) in [5.41, 5.74) is 1.20. The lowest BCUT2D eigenvalue weighted by atomic mass is 9.86. The maximum atomic E-state index is 6.25. The van der Waals surface area contributed by atoms with Crippen LogP contribution >= 0.6 is 0 Å². The zero-order valence-electron chi connectivity index (χ0n) is 19.0. The first kappa shape index (κ1) is 25.0. The third-order valence-electron chi connectivity index (χ3n) is 5.63. The van der Waals surface area contributed by atoms with E-state index in [0.29, 0.717) is 19.1 Å². The Labute approximate surface area is 174 Å². The number of hydrogen-bond acceptors (Lipinski definition) is 3. The number of anilines is 1. The monoisotopic (exact) mass is 391 g/mol. The first-order chi connectivity index (χ1) is 13.7. The average molecular weight is 392 g/mol. The minimum absolute atomic E-state index is 0.417. The van der Waals surface area contributed by atoms with Gasteiger partial charge in [0.2, 0.25) is 0 Å². The maximum Gasteiger partial charge on any atom is 0.170 e. The Morgan fingerprint density at radius 1 is 0.786 bits per heavy atom. The summed E-state index contributed by atoms with van der Waals surface area (Å²) in [6, 6.07) is 10.5. The standard InChI is InChI=1S/C25H45NO2/c1-5-9-10-11-12-14-18-23(25(6-2,27-7-3)28-8-4)19-17-22-26-24-20-15-13-16-21-24/h13,15-16,20-21,23,26H,5-12,14,17-19,22H2,1-4H3. The molecule has 162 valence electrons. The van der Waals surface area contributed by atoms with E-state index in [4.69, 9.17) is 9.47 Å². The van der Waals surface area contributed by atoms with Crippen LogP contribution in [0, 0.1) is 5.92 Å². The second-order valence-electron chi connectivity index (χ2n) is 7.72. The van der Waals surface area contributed by atoms with E-state index in [1.165, 1.54) is 50.6 Å². The van der Waals surface area contributed by atoms with Gasteiger partial charge in [0.15, 0.2) is 5.79 Å². The van der Waals surface area contributed by atoms with E-state index in [9.17, 15) is 0 Å². The van der Waals surface area contributed by atoms with Gasteiger partial charge < -0.3 is 14.8 Å². The van der Waals surface area contributed by atoms with Crippen molar-refractivity contribution < 1.29 is 9.47 Å². The topological polar surface area (TPSA) is 30.5 Å². The smallest absolute Gasteiger partial charge is 0.170 e. The molecular formula is C25H45NO2.